The van der Waals surface area contributed by atoms with Crippen LogP contribution in [0.15, 0.2) is 18.2 Å². The number of non-ortho nitro benzene ring substituents is 1. The SMILES string of the molecule is CCOc1ccc([N+](=O)[O-])cc1CN(CC)CCO. The first-order chi connectivity index (χ1) is 9.12. The van der Waals surface area contributed by atoms with Crippen molar-refractivity contribution in [2.75, 3.05) is 26.3 Å². The number of aliphatic hydroxyl groups excluding tert-OH is 1. The maximum absolute atomic E-state index is 10.8. The van der Waals surface area contributed by atoms with E-state index in [4.69, 9.17) is 9.84 Å². The van der Waals surface area contributed by atoms with Crippen molar-refractivity contribution in [3.8, 4) is 5.75 Å². The van der Waals surface area contributed by atoms with E-state index in [1.54, 1.807) is 6.07 Å². The van der Waals surface area contributed by atoms with Crippen LogP contribution in [0.3, 0.4) is 0 Å². The molecule has 0 spiro atoms. The summed E-state index contributed by atoms with van der Waals surface area (Å²) in [7, 11) is 0. The third-order valence-electron chi connectivity index (χ3n) is 2.81. The fourth-order valence-corrected chi connectivity index (χ4v) is 1.83. The molecule has 0 atom stereocenters. The van der Waals surface area contributed by atoms with Crippen molar-refractivity contribution >= 4 is 5.69 Å². The van der Waals surface area contributed by atoms with Gasteiger partial charge in [0.2, 0.25) is 0 Å². The van der Waals surface area contributed by atoms with Gasteiger partial charge in [-0.3, -0.25) is 15.0 Å². The summed E-state index contributed by atoms with van der Waals surface area (Å²) in [6.07, 6.45) is 0. The molecule has 1 N–H and O–H groups in total. The molecular formula is C13H20N2O4. The van der Waals surface area contributed by atoms with Gasteiger partial charge in [0.05, 0.1) is 18.1 Å². The molecule has 0 heterocycles. The van der Waals surface area contributed by atoms with Gasteiger partial charge in [-0.1, -0.05) is 6.92 Å². The molecule has 0 aliphatic rings. The number of likely N-dealkylation sites (N-methyl/N-ethyl adjacent to an activating group) is 1. The summed E-state index contributed by atoms with van der Waals surface area (Å²) < 4.78 is 5.48. The number of hydrogen-bond donors (Lipinski definition) is 1. The Morgan fingerprint density at radius 3 is 2.68 bits per heavy atom. The van der Waals surface area contributed by atoms with Crippen LogP contribution in [0.5, 0.6) is 5.75 Å². The predicted molar refractivity (Wildman–Crippen MR) is 72.3 cm³/mol. The van der Waals surface area contributed by atoms with E-state index < -0.39 is 4.92 Å². The highest BCUT2D eigenvalue weighted by atomic mass is 16.6. The summed E-state index contributed by atoms with van der Waals surface area (Å²) in [5.74, 6) is 0.657. The van der Waals surface area contributed by atoms with Crippen LogP contribution in [-0.4, -0.2) is 41.2 Å². The lowest BCUT2D eigenvalue weighted by Crippen LogP contribution is -2.26. The van der Waals surface area contributed by atoms with E-state index >= 15 is 0 Å². The summed E-state index contributed by atoms with van der Waals surface area (Å²) in [4.78, 5) is 12.4. The Morgan fingerprint density at radius 1 is 1.42 bits per heavy atom. The average Bonchev–Trinajstić information content (AvgIpc) is 2.40. The van der Waals surface area contributed by atoms with E-state index in [9.17, 15) is 10.1 Å². The number of nitrogens with zero attached hydrogens (tertiary/aromatic N) is 2. The maximum atomic E-state index is 10.8. The predicted octanol–water partition coefficient (Wildman–Crippen LogP) is 1.81. The largest absolute Gasteiger partial charge is 0.494 e. The fourth-order valence-electron chi connectivity index (χ4n) is 1.83. The Hall–Kier alpha value is -1.66. The Labute approximate surface area is 112 Å². The van der Waals surface area contributed by atoms with Crippen molar-refractivity contribution < 1.29 is 14.8 Å². The first kappa shape index (κ1) is 15.4. The standard InChI is InChI=1S/C13H20N2O4/c1-3-14(7-8-16)10-11-9-12(15(17)18)5-6-13(11)19-4-2/h5-6,9,16H,3-4,7-8,10H2,1-2H3. The van der Waals surface area contributed by atoms with Crippen molar-refractivity contribution in [1.82, 2.24) is 4.90 Å². The number of nitro groups is 1. The summed E-state index contributed by atoms with van der Waals surface area (Å²) >= 11 is 0. The van der Waals surface area contributed by atoms with Crippen molar-refractivity contribution in [2.24, 2.45) is 0 Å². The minimum atomic E-state index is -0.415. The number of ether oxygens (including phenoxy) is 1. The zero-order chi connectivity index (χ0) is 14.3. The quantitative estimate of drug-likeness (QED) is 0.575. The molecular weight excluding hydrogens is 248 g/mol. The second kappa shape index (κ2) is 7.70. The van der Waals surface area contributed by atoms with Crippen LogP contribution in [0.2, 0.25) is 0 Å². The van der Waals surface area contributed by atoms with Gasteiger partial charge in [-0.25, -0.2) is 0 Å². The molecule has 0 bridgehead atoms. The van der Waals surface area contributed by atoms with Crippen molar-refractivity contribution in [2.45, 2.75) is 20.4 Å². The van der Waals surface area contributed by atoms with Gasteiger partial charge in [0.1, 0.15) is 5.75 Å². The normalized spacial score (nSPS) is 10.7. The van der Waals surface area contributed by atoms with Crippen LogP contribution in [0.1, 0.15) is 19.4 Å². The summed E-state index contributed by atoms with van der Waals surface area (Å²) in [5, 5.41) is 19.8. The third-order valence-corrected chi connectivity index (χ3v) is 2.81. The first-order valence-corrected chi connectivity index (χ1v) is 6.35. The van der Waals surface area contributed by atoms with Gasteiger partial charge >= 0.3 is 0 Å². The fraction of sp³-hybridized carbons (Fsp3) is 0.538. The molecule has 106 valence electrons. The number of hydrogen-bond acceptors (Lipinski definition) is 5. The molecule has 6 heteroatoms. The van der Waals surface area contributed by atoms with Crippen LogP contribution < -0.4 is 4.74 Å². The zero-order valence-corrected chi connectivity index (χ0v) is 11.3. The van der Waals surface area contributed by atoms with Crippen LogP contribution >= 0.6 is 0 Å². The van der Waals surface area contributed by atoms with Gasteiger partial charge in [-0.15, -0.1) is 0 Å². The second-order valence-electron chi connectivity index (χ2n) is 4.07. The Kier molecular flexibility index (Phi) is 6.24. The number of benzene rings is 1. The molecule has 0 fully saturated rings. The smallest absolute Gasteiger partial charge is 0.270 e. The minimum absolute atomic E-state index is 0.0542. The molecule has 0 saturated carbocycles. The van der Waals surface area contributed by atoms with Crippen molar-refractivity contribution in [3.63, 3.8) is 0 Å². The first-order valence-electron chi connectivity index (χ1n) is 6.35. The van der Waals surface area contributed by atoms with Crippen LogP contribution in [-0.2, 0) is 6.54 Å². The highest BCUT2D eigenvalue weighted by Gasteiger charge is 2.14. The van der Waals surface area contributed by atoms with Gasteiger partial charge in [-0.2, -0.15) is 0 Å². The molecule has 0 aliphatic carbocycles. The summed E-state index contributed by atoms with van der Waals surface area (Å²) in [5.41, 5.74) is 0.824. The molecule has 0 aromatic heterocycles. The molecule has 1 aromatic carbocycles. The number of aliphatic hydroxyl groups is 1. The molecule has 0 radical (unpaired) electrons. The zero-order valence-electron chi connectivity index (χ0n) is 11.3. The van der Waals surface area contributed by atoms with Gasteiger partial charge < -0.3 is 9.84 Å². The lowest BCUT2D eigenvalue weighted by atomic mass is 10.1. The average molecular weight is 268 g/mol. The van der Waals surface area contributed by atoms with Crippen LogP contribution in [0.25, 0.3) is 0 Å². The highest BCUT2D eigenvalue weighted by molar-refractivity contribution is 5.43. The maximum Gasteiger partial charge on any atom is 0.270 e. The highest BCUT2D eigenvalue weighted by Crippen LogP contribution is 2.25. The van der Waals surface area contributed by atoms with E-state index in [1.807, 2.05) is 18.7 Å². The molecule has 19 heavy (non-hydrogen) atoms. The van der Waals surface area contributed by atoms with E-state index in [2.05, 4.69) is 0 Å². The second-order valence-corrected chi connectivity index (χ2v) is 4.07. The minimum Gasteiger partial charge on any atom is -0.494 e. The molecule has 1 rings (SSSR count). The van der Waals surface area contributed by atoms with Crippen molar-refractivity contribution in [1.29, 1.82) is 0 Å². The number of nitro benzene ring substituents is 1. The Morgan fingerprint density at radius 2 is 2.16 bits per heavy atom. The lowest BCUT2D eigenvalue weighted by Gasteiger charge is -2.20. The monoisotopic (exact) mass is 268 g/mol. The molecule has 0 aliphatic heterocycles. The molecule has 0 amide bonds. The van der Waals surface area contributed by atoms with Gasteiger partial charge in [0.15, 0.2) is 0 Å². The van der Waals surface area contributed by atoms with E-state index in [0.717, 1.165) is 12.1 Å². The molecule has 1 aromatic rings. The van der Waals surface area contributed by atoms with Crippen molar-refractivity contribution in [3.05, 3.63) is 33.9 Å². The van der Waals surface area contributed by atoms with Gasteiger partial charge in [0, 0.05) is 30.8 Å². The third kappa shape index (κ3) is 4.50. The Balaban J connectivity index is 2.98. The van der Waals surface area contributed by atoms with Gasteiger partial charge in [0.25, 0.3) is 5.69 Å². The molecule has 0 saturated heterocycles. The van der Waals surface area contributed by atoms with E-state index in [1.165, 1.54) is 12.1 Å². The molecule has 0 unspecified atom stereocenters. The van der Waals surface area contributed by atoms with E-state index in [-0.39, 0.29) is 12.3 Å². The van der Waals surface area contributed by atoms with Crippen LogP contribution in [0, 0.1) is 10.1 Å². The number of rotatable bonds is 8. The van der Waals surface area contributed by atoms with Gasteiger partial charge in [-0.05, 0) is 19.5 Å². The van der Waals surface area contributed by atoms with E-state index in [0.29, 0.717) is 25.4 Å². The summed E-state index contributed by atoms with van der Waals surface area (Å²) in [6, 6.07) is 4.60. The Bertz CT molecular complexity index is 423. The lowest BCUT2D eigenvalue weighted by molar-refractivity contribution is -0.385. The molecule has 6 nitrogen and oxygen atoms in total. The topological polar surface area (TPSA) is 75.8 Å². The summed E-state index contributed by atoms with van der Waals surface area (Å²) in [6.45, 7) is 6.24. The van der Waals surface area contributed by atoms with Crippen LogP contribution in [0.4, 0.5) is 5.69 Å².